The second-order valence-corrected chi connectivity index (χ2v) is 5.85. The van der Waals surface area contributed by atoms with Gasteiger partial charge in [0.2, 0.25) is 5.43 Å². The van der Waals surface area contributed by atoms with Crippen LogP contribution in [0.25, 0.3) is 10.9 Å². The molecule has 0 saturated heterocycles. The summed E-state index contributed by atoms with van der Waals surface area (Å²) in [4.78, 5) is 15.4. The number of H-pyrrole nitrogens is 1. The summed E-state index contributed by atoms with van der Waals surface area (Å²) < 4.78 is 0. The van der Waals surface area contributed by atoms with Gasteiger partial charge in [0.05, 0.1) is 5.69 Å². The molecule has 0 aliphatic carbocycles. The molecule has 0 bridgehead atoms. The van der Waals surface area contributed by atoms with E-state index in [-0.39, 0.29) is 33.0 Å². The van der Waals surface area contributed by atoms with Crippen molar-refractivity contribution >= 4 is 64.1 Å². The Hall–Kier alpha value is -1.51. The van der Waals surface area contributed by atoms with Gasteiger partial charge in [-0.3, -0.25) is 4.79 Å². The van der Waals surface area contributed by atoms with Crippen LogP contribution < -0.4 is 27.3 Å². The van der Waals surface area contributed by atoms with Gasteiger partial charge in [-0.2, -0.15) is 0 Å². The summed E-state index contributed by atoms with van der Waals surface area (Å²) in [7, 11) is 23.4. The highest BCUT2D eigenvalue weighted by Crippen LogP contribution is 2.16. The number of rotatable bonds is 6. The summed E-state index contributed by atoms with van der Waals surface area (Å²) in [5, 5.41) is 10.2. The maximum atomic E-state index is 12.4. The molecule has 23 heavy (non-hydrogen) atoms. The fourth-order valence-electron chi connectivity index (χ4n) is 2.75. The zero-order chi connectivity index (χ0) is 17.1. The molecule has 0 unspecified atom stereocenters. The number of hydrogen-bond acceptors (Lipinski definition) is 2. The van der Waals surface area contributed by atoms with Crippen LogP contribution >= 0.6 is 0 Å². The molecule has 8 radical (unpaired) electrons. The molecule has 2 N–H and O–H groups in total. The highest BCUT2D eigenvalue weighted by molar-refractivity contribution is 6.66. The van der Waals surface area contributed by atoms with Gasteiger partial charge >= 0.3 is 0 Å². The molecular formula is C16H17B4NO2. The van der Waals surface area contributed by atoms with Crippen molar-refractivity contribution in [3.8, 4) is 5.75 Å². The molecule has 1 heterocycles. The number of pyridine rings is 1. The number of fused-ring (bicyclic) bond motifs is 1. The van der Waals surface area contributed by atoms with E-state index in [1.54, 1.807) is 0 Å². The lowest BCUT2D eigenvalue weighted by molar-refractivity contribution is 0.458. The van der Waals surface area contributed by atoms with Gasteiger partial charge in [0.25, 0.3) is 0 Å². The minimum atomic E-state index is -0.571. The van der Waals surface area contributed by atoms with E-state index in [2.05, 4.69) is 11.9 Å². The van der Waals surface area contributed by atoms with Crippen LogP contribution in [0.15, 0.2) is 4.79 Å². The van der Waals surface area contributed by atoms with Crippen LogP contribution in [0.3, 0.4) is 0 Å². The molecule has 0 atom stereocenters. The number of unbranched alkanes of at least 4 members (excludes halogenated alkanes) is 4. The van der Waals surface area contributed by atoms with E-state index in [0.717, 1.165) is 25.7 Å². The van der Waals surface area contributed by atoms with Gasteiger partial charge in [0, 0.05) is 10.9 Å². The SMILES string of the molecule is [B]c1c([B])c([B])c2c(=O)c(O)c(CCCCCCC)[nH]c2c1[B]. The third-order valence-electron chi connectivity index (χ3n) is 4.19. The first kappa shape index (κ1) is 17.8. The van der Waals surface area contributed by atoms with Crippen molar-refractivity contribution in [3.63, 3.8) is 0 Å². The summed E-state index contributed by atoms with van der Waals surface area (Å²) >= 11 is 0. The van der Waals surface area contributed by atoms with Gasteiger partial charge in [-0.15, -0.1) is 10.9 Å². The molecule has 0 aliphatic heterocycles. The van der Waals surface area contributed by atoms with Gasteiger partial charge in [-0.05, 0) is 12.8 Å². The highest BCUT2D eigenvalue weighted by atomic mass is 16.3. The summed E-state index contributed by atoms with van der Waals surface area (Å²) in [5.41, 5.74) is 0.638. The Morgan fingerprint density at radius 2 is 1.52 bits per heavy atom. The minimum Gasteiger partial charge on any atom is -0.503 e. The Balaban J connectivity index is 2.45. The molecule has 2 aromatic rings. The van der Waals surface area contributed by atoms with E-state index in [1.165, 1.54) is 6.42 Å². The monoisotopic (exact) mass is 299 g/mol. The van der Waals surface area contributed by atoms with E-state index >= 15 is 0 Å². The average molecular weight is 299 g/mol. The standard InChI is InChI=1S/C16H17B4NO2/c1-2-3-4-5-6-7-8-15(22)16(23)9-10(17)11(18)12(19)13(20)14(9)21-8/h22H,2-7H2,1H3,(H,21,23). The fourth-order valence-corrected chi connectivity index (χ4v) is 2.75. The van der Waals surface area contributed by atoms with E-state index in [1.807, 2.05) is 0 Å². The topological polar surface area (TPSA) is 53.1 Å². The Morgan fingerprint density at radius 3 is 2.17 bits per heavy atom. The zero-order valence-electron chi connectivity index (χ0n) is 13.4. The van der Waals surface area contributed by atoms with Crippen molar-refractivity contribution in [2.24, 2.45) is 0 Å². The Bertz CT molecular complexity index is 786. The number of nitrogens with one attached hydrogen (secondary N) is 1. The molecule has 3 nitrogen and oxygen atoms in total. The fraction of sp³-hybridized carbons (Fsp3) is 0.438. The van der Waals surface area contributed by atoms with Crippen molar-refractivity contribution in [1.29, 1.82) is 0 Å². The number of hydrogen-bond donors (Lipinski definition) is 2. The van der Waals surface area contributed by atoms with Crippen molar-refractivity contribution < 1.29 is 5.11 Å². The van der Waals surface area contributed by atoms with Gasteiger partial charge in [-0.25, -0.2) is 0 Å². The second-order valence-electron chi connectivity index (χ2n) is 5.85. The van der Waals surface area contributed by atoms with Gasteiger partial charge in [0.15, 0.2) is 5.75 Å². The molecule has 0 spiro atoms. The predicted octanol–water partition coefficient (Wildman–Crippen LogP) is -1.08. The molecule has 0 fully saturated rings. The van der Waals surface area contributed by atoms with Crippen LogP contribution in [0.1, 0.15) is 44.7 Å². The highest BCUT2D eigenvalue weighted by Gasteiger charge is 2.16. The zero-order valence-corrected chi connectivity index (χ0v) is 13.4. The molecule has 2 rings (SSSR count). The van der Waals surface area contributed by atoms with Crippen molar-refractivity contribution in [3.05, 3.63) is 15.9 Å². The van der Waals surface area contributed by atoms with Crippen LogP contribution in [0, 0.1) is 0 Å². The largest absolute Gasteiger partial charge is 0.503 e. The van der Waals surface area contributed by atoms with Crippen molar-refractivity contribution in [2.75, 3.05) is 0 Å². The Morgan fingerprint density at radius 1 is 0.913 bits per heavy atom. The molecule has 7 heteroatoms. The third-order valence-corrected chi connectivity index (χ3v) is 4.19. The van der Waals surface area contributed by atoms with Crippen LogP contribution in [0.4, 0.5) is 0 Å². The van der Waals surface area contributed by atoms with Crippen LogP contribution in [0.2, 0.25) is 0 Å². The lowest BCUT2D eigenvalue weighted by Crippen LogP contribution is -2.49. The molecule has 0 saturated carbocycles. The lowest BCUT2D eigenvalue weighted by atomic mass is 9.65. The van der Waals surface area contributed by atoms with E-state index in [4.69, 9.17) is 31.4 Å². The van der Waals surface area contributed by atoms with Crippen molar-refractivity contribution in [1.82, 2.24) is 4.98 Å². The number of aromatic hydroxyl groups is 1. The van der Waals surface area contributed by atoms with Crippen molar-refractivity contribution in [2.45, 2.75) is 45.4 Å². The van der Waals surface area contributed by atoms with E-state index in [9.17, 15) is 9.90 Å². The van der Waals surface area contributed by atoms with Crippen LogP contribution in [-0.4, -0.2) is 41.5 Å². The molecule has 0 aliphatic rings. The maximum Gasteiger partial charge on any atom is 0.230 e. The number of aryl methyl sites for hydroxylation is 1. The Labute approximate surface area is 141 Å². The van der Waals surface area contributed by atoms with Crippen LogP contribution in [-0.2, 0) is 6.42 Å². The van der Waals surface area contributed by atoms with Gasteiger partial charge < -0.3 is 10.1 Å². The lowest BCUT2D eigenvalue weighted by Gasteiger charge is -2.17. The normalized spacial score (nSPS) is 11.2. The minimum absolute atomic E-state index is 0.0396. The summed E-state index contributed by atoms with van der Waals surface area (Å²) in [5.74, 6) is -0.330. The van der Waals surface area contributed by atoms with E-state index in [0.29, 0.717) is 17.6 Å². The quantitative estimate of drug-likeness (QED) is 0.527. The van der Waals surface area contributed by atoms with Gasteiger partial charge in [-0.1, -0.05) is 43.5 Å². The molecule has 0 amide bonds. The molecule has 1 aromatic heterocycles. The predicted molar refractivity (Wildman–Crippen MR) is 100 cm³/mol. The van der Waals surface area contributed by atoms with Gasteiger partial charge in [0.1, 0.15) is 31.4 Å². The molecule has 1 aromatic carbocycles. The van der Waals surface area contributed by atoms with Crippen LogP contribution in [0.5, 0.6) is 5.75 Å². The summed E-state index contributed by atoms with van der Waals surface area (Å²) in [6.07, 6.45) is 5.94. The first-order valence-corrected chi connectivity index (χ1v) is 7.89. The number of aromatic amines is 1. The second kappa shape index (κ2) is 7.37. The number of benzene rings is 1. The summed E-state index contributed by atoms with van der Waals surface area (Å²) in [6.45, 7) is 2.15. The van der Waals surface area contributed by atoms with E-state index < -0.39 is 5.43 Å². The third kappa shape index (κ3) is 3.39. The first-order valence-electron chi connectivity index (χ1n) is 7.89. The maximum absolute atomic E-state index is 12.4. The molecule has 110 valence electrons. The summed E-state index contributed by atoms with van der Waals surface area (Å²) in [6, 6.07) is 0. The smallest absolute Gasteiger partial charge is 0.230 e. The average Bonchev–Trinajstić information content (AvgIpc) is 2.54. The number of aromatic nitrogens is 1. The molecular weight excluding hydrogens is 281 g/mol. The first-order chi connectivity index (χ1) is 10.9. The Kier molecular flexibility index (Phi) is 5.72.